The van der Waals surface area contributed by atoms with Crippen molar-refractivity contribution < 1.29 is 4.79 Å². The highest BCUT2D eigenvalue weighted by atomic mass is 35.5. The van der Waals surface area contributed by atoms with Crippen LogP contribution >= 0.6 is 11.6 Å². The summed E-state index contributed by atoms with van der Waals surface area (Å²) in [6.07, 6.45) is 1.47. The number of pyridine rings is 1. The minimum absolute atomic E-state index is 0.355. The largest absolute Gasteiger partial charge is 0.314 e. The number of nitrogens with zero attached hydrogens (tertiary/aromatic N) is 1. The van der Waals surface area contributed by atoms with Crippen molar-refractivity contribution in [3.63, 3.8) is 0 Å². The Balaban J connectivity index is 2.68. The van der Waals surface area contributed by atoms with Crippen LogP contribution in [-0.4, -0.2) is 10.9 Å². The number of halogens is 1. The fourth-order valence-corrected chi connectivity index (χ4v) is 0.837. The van der Waals surface area contributed by atoms with Crippen LogP contribution in [0.1, 0.15) is 6.92 Å². The highest BCUT2D eigenvalue weighted by molar-refractivity contribution is 6.29. The van der Waals surface area contributed by atoms with Gasteiger partial charge in [-0.1, -0.05) is 17.5 Å². The van der Waals surface area contributed by atoms with Crippen LogP contribution in [-0.2, 0) is 4.79 Å². The zero-order valence-electron chi connectivity index (χ0n) is 6.97. The molecule has 0 radical (unpaired) electrons. The van der Waals surface area contributed by atoms with Crippen molar-refractivity contribution in [1.29, 1.82) is 0 Å². The molecule has 0 aliphatic rings. The number of carbonyl (C=O) groups excluding carboxylic acids is 1. The predicted octanol–water partition coefficient (Wildman–Crippen LogP) is 1.70. The molecule has 1 N–H and O–H groups in total. The van der Waals surface area contributed by atoms with Crippen molar-refractivity contribution in [2.45, 2.75) is 6.92 Å². The molecule has 0 atom stereocenters. The third-order valence-electron chi connectivity index (χ3n) is 1.22. The summed E-state index contributed by atoms with van der Waals surface area (Å²) in [6, 6.07) is 3.25. The van der Waals surface area contributed by atoms with E-state index in [2.05, 4.69) is 22.1 Å². The maximum atomic E-state index is 11.0. The van der Waals surface area contributed by atoms with Gasteiger partial charge in [-0.15, -0.1) is 0 Å². The second-order valence-electron chi connectivity index (χ2n) is 2.20. The number of amides is 1. The van der Waals surface area contributed by atoms with Crippen molar-refractivity contribution >= 4 is 23.2 Å². The first kappa shape index (κ1) is 9.56. The number of hydrogen-bond donors (Lipinski definition) is 1. The van der Waals surface area contributed by atoms with E-state index in [1.165, 1.54) is 6.20 Å². The Morgan fingerprint density at radius 2 is 2.38 bits per heavy atom. The minimum atomic E-state index is -0.355. The second kappa shape index (κ2) is 4.48. The summed E-state index contributed by atoms with van der Waals surface area (Å²) in [5.41, 5.74) is 0.581. The molecule has 0 aromatic carbocycles. The Morgan fingerprint density at radius 1 is 1.62 bits per heavy atom. The summed E-state index contributed by atoms with van der Waals surface area (Å²) in [6.45, 7) is 1.60. The zero-order chi connectivity index (χ0) is 9.68. The first-order chi connectivity index (χ1) is 6.22. The van der Waals surface area contributed by atoms with Gasteiger partial charge in [0.05, 0.1) is 11.9 Å². The van der Waals surface area contributed by atoms with Crippen molar-refractivity contribution in [1.82, 2.24) is 4.98 Å². The van der Waals surface area contributed by atoms with Crippen molar-refractivity contribution in [3.8, 4) is 11.8 Å². The van der Waals surface area contributed by atoms with Crippen molar-refractivity contribution in [2.75, 3.05) is 5.32 Å². The van der Waals surface area contributed by atoms with E-state index in [0.717, 1.165) is 0 Å². The van der Waals surface area contributed by atoms with Gasteiger partial charge in [0.1, 0.15) is 5.15 Å². The Kier molecular flexibility index (Phi) is 3.30. The molecule has 1 aromatic rings. The smallest absolute Gasteiger partial charge is 0.300 e. The summed E-state index contributed by atoms with van der Waals surface area (Å²) in [5.74, 6) is 4.48. The molecule has 0 fully saturated rings. The van der Waals surface area contributed by atoms with Gasteiger partial charge in [-0.3, -0.25) is 4.79 Å². The summed E-state index contributed by atoms with van der Waals surface area (Å²) in [4.78, 5) is 14.7. The van der Waals surface area contributed by atoms with E-state index in [4.69, 9.17) is 11.6 Å². The molecule has 1 rings (SSSR count). The number of nitrogens with one attached hydrogen (secondary N) is 1. The molecule has 1 heterocycles. The van der Waals surface area contributed by atoms with E-state index in [0.29, 0.717) is 10.8 Å². The van der Waals surface area contributed by atoms with E-state index >= 15 is 0 Å². The minimum Gasteiger partial charge on any atom is -0.314 e. The zero-order valence-corrected chi connectivity index (χ0v) is 7.72. The number of hydrogen-bond acceptors (Lipinski definition) is 2. The average molecular weight is 195 g/mol. The number of anilines is 1. The molecule has 0 aliphatic heterocycles. The molecule has 66 valence electrons. The van der Waals surface area contributed by atoms with E-state index in [9.17, 15) is 4.79 Å². The SMILES string of the molecule is CC#CC(=O)Nc1ccc(Cl)nc1. The monoisotopic (exact) mass is 194 g/mol. The molecule has 0 saturated heterocycles. The maximum absolute atomic E-state index is 11.0. The first-order valence-electron chi connectivity index (χ1n) is 3.57. The fourth-order valence-electron chi connectivity index (χ4n) is 0.726. The summed E-state index contributed by atoms with van der Waals surface area (Å²) in [7, 11) is 0. The van der Waals surface area contributed by atoms with E-state index in [1.807, 2.05) is 0 Å². The van der Waals surface area contributed by atoms with E-state index in [-0.39, 0.29) is 5.91 Å². The molecule has 4 heteroatoms. The van der Waals surface area contributed by atoms with E-state index in [1.54, 1.807) is 19.1 Å². The van der Waals surface area contributed by atoms with Crippen LogP contribution in [0.2, 0.25) is 5.15 Å². The lowest BCUT2D eigenvalue weighted by Crippen LogP contribution is -2.08. The Hall–Kier alpha value is -1.53. The summed E-state index contributed by atoms with van der Waals surface area (Å²) in [5, 5.41) is 2.92. The maximum Gasteiger partial charge on any atom is 0.300 e. The van der Waals surface area contributed by atoms with Gasteiger partial charge in [0.15, 0.2) is 0 Å². The van der Waals surface area contributed by atoms with Gasteiger partial charge in [0, 0.05) is 0 Å². The second-order valence-corrected chi connectivity index (χ2v) is 2.59. The third-order valence-corrected chi connectivity index (χ3v) is 1.45. The molecule has 0 saturated carbocycles. The number of aromatic nitrogens is 1. The molecule has 1 aromatic heterocycles. The van der Waals surface area contributed by atoms with Crippen molar-refractivity contribution in [3.05, 3.63) is 23.5 Å². The highest BCUT2D eigenvalue weighted by Gasteiger charge is 1.97. The van der Waals surface area contributed by atoms with E-state index < -0.39 is 0 Å². The van der Waals surface area contributed by atoms with Crippen LogP contribution in [0.15, 0.2) is 18.3 Å². The van der Waals surface area contributed by atoms with Crippen LogP contribution in [0.5, 0.6) is 0 Å². The predicted molar refractivity (Wildman–Crippen MR) is 51.3 cm³/mol. The first-order valence-corrected chi connectivity index (χ1v) is 3.95. The molecule has 13 heavy (non-hydrogen) atoms. The normalized spacial score (nSPS) is 8.46. The molecular formula is C9H7ClN2O. The lowest BCUT2D eigenvalue weighted by molar-refractivity contribution is -0.111. The molecule has 0 bridgehead atoms. The van der Waals surface area contributed by atoms with Gasteiger partial charge in [-0.2, -0.15) is 0 Å². The van der Waals surface area contributed by atoms with Gasteiger partial charge in [-0.25, -0.2) is 4.98 Å². The molecule has 3 nitrogen and oxygen atoms in total. The van der Waals surface area contributed by atoms with Crippen LogP contribution < -0.4 is 5.32 Å². The Labute approximate surface area is 81.1 Å². The molecule has 1 amide bonds. The standard InChI is InChI=1S/C9H7ClN2O/c1-2-3-9(13)12-7-4-5-8(10)11-6-7/h4-6H,1H3,(H,12,13). The number of rotatable bonds is 1. The summed E-state index contributed by atoms with van der Waals surface area (Å²) < 4.78 is 0. The van der Waals surface area contributed by atoms with Crippen LogP contribution in [0.3, 0.4) is 0 Å². The third kappa shape index (κ3) is 3.14. The summed E-state index contributed by atoms with van der Waals surface area (Å²) >= 11 is 5.56. The topological polar surface area (TPSA) is 42.0 Å². The lowest BCUT2D eigenvalue weighted by atomic mass is 10.4. The number of carbonyl (C=O) groups is 1. The molecule has 0 aliphatic carbocycles. The Bertz CT molecular complexity index is 361. The van der Waals surface area contributed by atoms with Gasteiger partial charge >= 0.3 is 0 Å². The Morgan fingerprint density at radius 3 is 2.92 bits per heavy atom. The van der Waals surface area contributed by atoms with Gasteiger partial charge in [0.25, 0.3) is 5.91 Å². The van der Waals surface area contributed by atoms with Crippen LogP contribution in [0, 0.1) is 11.8 Å². The molecular weight excluding hydrogens is 188 g/mol. The van der Waals surface area contributed by atoms with Gasteiger partial charge in [0.2, 0.25) is 0 Å². The quantitative estimate of drug-likeness (QED) is 0.546. The van der Waals surface area contributed by atoms with Gasteiger partial charge in [-0.05, 0) is 25.0 Å². The highest BCUT2D eigenvalue weighted by Crippen LogP contribution is 2.08. The fraction of sp³-hybridized carbons (Fsp3) is 0.111. The van der Waals surface area contributed by atoms with Gasteiger partial charge < -0.3 is 5.32 Å². The van der Waals surface area contributed by atoms with Crippen molar-refractivity contribution in [2.24, 2.45) is 0 Å². The van der Waals surface area contributed by atoms with Crippen LogP contribution in [0.4, 0.5) is 5.69 Å². The van der Waals surface area contributed by atoms with Crippen LogP contribution in [0.25, 0.3) is 0 Å². The average Bonchev–Trinajstić information content (AvgIpc) is 2.09. The lowest BCUT2D eigenvalue weighted by Gasteiger charge is -1.98. The molecule has 0 unspecified atom stereocenters. The molecule has 0 spiro atoms.